The third kappa shape index (κ3) is 3.70. The van der Waals surface area contributed by atoms with Gasteiger partial charge in [0.25, 0.3) is 5.69 Å². The van der Waals surface area contributed by atoms with Gasteiger partial charge < -0.3 is 0 Å². The van der Waals surface area contributed by atoms with Crippen molar-refractivity contribution in [2.45, 2.75) is 51.6 Å². The lowest BCUT2D eigenvalue weighted by Crippen LogP contribution is -2.36. The van der Waals surface area contributed by atoms with E-state index in [1.54, 1.807) is 12.1 Å². The Morgan fingerprint density at radius 2 is 2.05 bits per heavy atom. The van der Waals surface area contributed by atoms with E-state index in [1.165, 1.54) is 32.1 Å². The molecular weight excluding hydrogens is 276 g/mol. The summed E-state index contributed by atoms with van der Waals surface area (Å²) in [7, 11) is 0. The molecule has 20 heavy (non-hydrogen) atoms. The first-order valence-electron chi connectivity index (χ1n) is 7.28. The Hall–Kier alpha value is -1.13. The van der Waals surface area contributed by atoms with Gasteiger partial charge in [-0.25, -0.2) is 0 Å². The molecule has 110 valence electrons. The maximum atomic E-state index is 10.9. The SMILES string of the molecule is CCN(Cc1ccc(Cl)c([N+](=O)[O-])c1)C1CCCCC1. The van der Waals surface area contributed by atoms with E-state index in [9.17, 15) is 10.1 Å². The fraction of sp³-hybridized carbons (Fsp3) is 0.600. The van der Waals surface area contributed by atoms with Crippen LogP contribution in [0.25, 0.3) is 0 Å². The molecule has 1 aliphatic carbocycles. The first-order chi connectivity index (χ1) is 9.61. The molecular formula is C15H21ClN2O2. The number of rotatable bonds is 5. The van der Waals surface area contributed by atoms with Gasteiger partial charge in [-0.1, -0.05) is 43.9 Å². The number of nitro groups is 1. The lowest BCUT2D eigenvalue weighted by molar-refractivity contribution is -0.384. The predicted octanol–water partition coefficient (Wildman–Crippen LogP) is 4.40. The molecule has 0 saturated heterocycles. The molecule has 0 aliphatic heterocycles. The van der Waals surface area contributed by atoms with Crippen molar-refractivity contribution < 1.29 is 4.92 Å². The molecule has 1 aliphatic rings. The van der Waals surface area contributed by atoms with E-state index in [1.807, 2.05) is 6.07 Å². The molecule has 0 bridgehead atoms. The van der Waals surface area contributed by atoms with Crippen molar-refractivity contribution in [2.75, 3.05) is 6.54 Å². The third-order valence-electron chi connectivity index (χ3n) is 4.09. The highest BCUT2D eigenvalue weighted by atomic mass is 35.5. The van der Waals surface area contributed by atoms with Crippen molar-refractivity contribution in [1.82, 2.24) is 4.90 Å². The van der Waals surface area contributed by atoms with Crippen LogP contribution >= 0.6 is 11.6 Å². The zero-order chi connectivity index (χ0) is 14.5. The average Bonchev–Trinajstić information content (AvgIpc) is 2.47. The molecule has 0 unspecified atom stereocenters. The molecule has 0 amide bonds. The van der Waals surface area contributed by atoms with E-state index < -0.39 is 4.92 Å². The van der Waals surface area contributed by atoms with E-state index in [2.05, 4.69) is 11.8 Å². The monoisotopic (exact) mass is 296 g/mol. The minimum absolute atomic E-state index is 0.00358. The first-order valence-corrected chi connectivity index (χ1v) is 7.66. The standard InChI is InChI=1S/C15H21ClN2O2/c1-2-17(13-6-4-3-5-7-13)11-12-8-9-14(16)15(10-12)18(19)20/h8-10,13H,2-7,11H2,1H3. The highest BCUT2D eigenvalue weighted by Crippen LogP contribution is 2.28. The maximum absolute atomic E-state index is 10.9. The van der Waals surface area contributed by atoms with E-state index in [-0.39, 0.29) is 10.7 Å². The van der Waals surface area contributed by atoms with Crippen molar-refractivity contribution in [3.63, 3.8) is 0 Å². The molecule has 2 rings (SSSR count). The summed E-state index contributed by atoms with van der Waals surface area (Å²) < 4.78 is 0. The van der Waals surface area contributed by atoms with Crippen LogP contribution in [-0.2, 0) is 6.54 Å². The van der Waals surface area contributed by atoms with Crippen LogP contribution in [0.4, 0.5) is 5.69 Å². The molecule has 0 radical (unpaired) electrons. The summed E-state index contributed by atoms with van der Waals surface area (Å²) in [4.78, 5) is 12.9. The average molecular weight is 297 g/mol. The summed E-state index contributed by atoms with van der Waals surface area (Å²) in [6.45, 7) is 3.89. The van der Waals surface area contributed by atoms with Crippen LogP contribution in [0.2, 0.25) is 5.02 Å². The van der Waals surface area contributed by atoms with Crippen molar-refractivity contribution in [2.24, 2.45) is 0 Å². The Balaban J connectivity index is 2.10. The van der Waals surface area contributed by atoms with Gasteiger partial charge in [-0.2, -0.15) is 0 Å². The molecule has 1 fully saturated rings. The van der Waals surface area contributed by atoms with Gasteiger partial charge in [-0.15, -0.1) is 0 Å². The summed E-state index contributed by atoms with van der Waals surface area (Å²) >= 11 is 5.86. The molecule has 5 heteroatoms. The Morgan fingerprint density at radius 1 is 1.35 bits per heavy atom. The quantitative estimate of drug-likeness (QED) is 0.597. The van der Waals surface area contributed by atoms with Gasteiger partial charge in [-0.05, 0) is 31.0 Å². The van der Waals surface area contributed by atoms with Crippen LogP contribution in [-0.4, -0.2) is 22.4 Å². The molecule has 0 spiro atoms. The number of hydrogen-bond acceptors (Lipinski definition) is 3. The van der Waals surface area contributed by atoms with Gasteiger partial charge in [0.1, 0.15) is 5.02 Å². The van der Waals surface area contributed by atoms with Crippen LogP contribution in [0.15, 0.2) is 18.2 Å². The Bertz CT molecular complexity index is 473. The zero-order valence-electron chi connectivity index (χ0n) is 11.8. The number of halogens is 1. The maximum Gasteiger partial charge on any atom is 0.288 e. The Labute approximate surface area is 124 Å². The van der Waals surface area contributed by atoms with Crippen LogP contribution in [0.1, 0.15) is 44.6 Å². The number of nitro benzene ring substituents is 1. The molecule has 1 aromatic carbocycles. The summed E-state index contributed by atoms with van der Waals surface area (Å²) in [5, 5.41) is 11.1. The van der Waals surface area contributed by atoms with Crippen molar-refractivity contribution in [1.29, 1.82) is 0 Å². The van der Waals surface area contributed by atoms with Crippen LogP contribution < -0.4 is 0 Å². The fourth-order valence-electron chi connectivity index (χ4n) is 2.98. The second kappa shape index (κ2) is 7.04. The van der Waals surface area contributed by atoms with Crippen LogP contribution in [0, 0.1) is 10.1 Å². The minimum atomic E-state index is -0.414. The largest absolute Gasteiger partial charge is 0.296 e. The third-order valence-corrected chi connectivity index (χ3v) is 4.41. The Morgan fingerprint density at radius 3 is 2.65 bits per heavy atom. The van der Waals surface area contributed by atoms with Gasteiger partial charge in [0.2, 0.25) is 0 Å². The molecule has 1 saturated carbocycles. The topological polar surface area (TPSA) is 46.4 Å². The fourth-order valence-corrected chi connectivity index (χ4v) is 3.16. The molecule has 1 aromatic rings. The first kappa shape index (κ1) is 15.3. The number of hydrogen-bond donors (Lipinski definition) is 0. The minimum Gasteiger partial charge on any atom is -0.296 e. The molecule has 0 atom stereocenters. The van der Waals surface area contributed by atoms with E-state index in [0.29, 0.717) is 6.04 Å². The summed E-state index contributed by atoms with van der Waals surface area (Å²) in [6.07, 6.45) is 6.40. The second-order valence-corrected chi connectivity index (χ2v) is 5.81. The van der Waals surface area contributed by atoms with Crippen molar-refractivity contribution in [3.05, 3.63) is 38.9 Å². The van der Waals surface area contributed by atoms with E-state index in [0.717, 1.165) is 18.7 Å². The molecule has 0 heterocycles. The lowest BCUT2D eigenvalue weighted by Gasteiger charge is -2.33. The zero-order valence-corrected chi connectivity index (χ0v) is 12.6. The summed E-state index contributed by atoms with van der Waals surface area (Å²) in [6, 6.07) is 5.74. The van der Waals surface area contributed by atoms with Crippen molar-refractivity contribution in [3.8, 4) is 0 Å². The van der Waals surface area contributed by atoms with Crippen LogP contribution in [0.5, 0.6) is 0 Å². The summed E-state index contributed by atoms with van der Waals surface area (Å²) in [5.41, 5.74) is 0.970. The lowest BCUT2D eigenvalue weighted by atomic mass is 9.94. The van der Waals surface area contributed by atoms with Gasteiger partial charge >= 0.3 is 0 Å². The smallest absolute Gasteiger partial charge is 0.288 e. The van der Waals surface area contributed by atoms with Crippen molar-refractivity contribution >= 4 is 17.3 Å². The van der Waals surface area contributed by atoms with Crippen LogP contribution in [0.3, 0.4) is 0 Å². The van der Waals surface area contributed by atoms with E-state index in [4.69, 9.17) is 11.6 Å². The van der Waals surface area contributed by atoms with Gasteiger partial charge in [0.05, 0.1) is 4.92 Å². The predicted molar refractivity (Wildman–Crippen MR) is 81.1 cm³/mol. The van der Waals surface area contributed by atoms with Gasteiger partial charge in [0, 0.05) is 18.7 Å². The normalized spacial score (nSPS) is 16.6. The highest BCUT2D eigenvalue weighted by molar-refractivity contribution is 6.32. The molecule has 4 nitrogen and oxygen atoms in total. The Kier molecular flexibility index (Phi) is 5.38. The van der Waals surface area contributed by atoms with Gasteiger partial charge in [0.15, 0.2) is 0 Å². The summed E-state index contributed by atoms with van der Waals surface area (Å²) in [5.74, 6) is 0. The molecule has 0 aromatic heterocycles. The van der Waals surface area contributed by atoms with E-state index >= 15 is 0 Å². The highest BCUT2D eigenvalue weighted by Gasteiger charge is 2.21. The number of nitrogens with zero attached hydrogens (tertiary/aromatic N) is 2. The second-order valence-electron chi connectivity index (χ2n) is 5.40. The van der Waals surface area contributed by atoms with Gasteiger partial charge in [-0.3, -0.25) is 15.0 Å². The molecule has 0 N–H and O–H groups in total. The number of benzene rings is 1.